The van der Waals surface area contributed by atoms with Crippen molar-refractivity contribution in [2.75, 3.05) is 0 Å². The highest BCUT2D eigenvalue weighted by molar-refractivity contribution is 6.30. The number of ketones is 2. The quantitative estimate of drug-likeness (QED) is 0.862. The first-order valence-corrected chi connectivity index (χ1v) is 8.39. The largest absolute Gasteiger partial charge is 0.507 e. The molecule has 0 saturated carbocycles. The van der Waals surface area contributed by atoms with Crippen LogP contribution in [0.4, 0.5) is 0 Å². The zero-order valence-corrected chi connectivity index (χ0v) is 14.0. The van der Waals surface area contributed by atoms with E-state index in [0.29, 0.717) is 17.2 Å². The normalized spacial score (nSPS) is 22.3. The first-order chi connectivity index (χ1) is 12.4. The highest BCUT2D eigenvalue weighted by Gasteiger charge is 2.44. The highest BCUT2D eigenvalue weighted by atomic mass is 16.5. The summed E-state index contributed by atoms with van der Waals surface area (Å²) < 4.78 is 5.52. The number of aliphatic carboxylic acids is 1. The van der Waals surface area contributed by atoms with Gasteiger partial charge in [0.2, 0.25) is 0 Å². The van der Waals surface area contributed by atoms with Crippen LogP contribution in [0.3, 0.4) is 0 Å². The smallest absolute Gasteiger partial charge is 0.333 e. The fourth-order valence-electron chi connectivity index (χ4n) is 3.78. The Hall–Kier alpha value is -2.99. The zero-order valence-electron chi connectivity index (χ0n) is 14.0. The van der Waals surface area contributed by atoms with Gasteiger partial charge in [0.25, 0.3) is 0 Å². The lowest BCUT2D eigenvalue weighted by Crippen LogP contribution is -2.41. The molecule has 1 aliphatic carbocycles. The molecule has 1 aliphatic heterocycles. The van der Waals surface area contributed by atoms with Crippen LogP contribution in [0.5, 0.6) is 5.75 Å². The van der Waals surface area contributed by atoms with Crippen LogP contribution < -0.4 is 0 Å². The summed E-state index contributed by atoms with van der Waals surface area (Å²) >= 11 is 0. The number of fused-ring (bicyclic) bond motifs is 2. The molecule has 0 radical (unpaired) electrons. The topological polar surface area (TPSA) is 101 Å². The number of hydrogen-bond donors (Lipinski definition) is 2. The lowest BCUT2D eigenvalue weighted by atomic mass is 9.76. The van der Waals surface area contributed by atoms with Crippen molar-refractivity contribution in [1.29, 1.82) is 0 Å². The third-order valence-corrected chi connectivity index (χ3v) is 5.02. The molecule has 2 aromatic carbocycles. The van der Waals surface area contributed by atoms with Crippen LogP contribution in [0.2, 0.25) is 0 Å². The van der Waals surface area contributed by atoms with E-state index in [0.717, 1.165) is 0 Å². The summed E-state index contributed by atoms with van der Waals surface area (Å²) in [4.78, 5) is 37.5. The summed E-state index contributed by atoms with van der Waals surface area (Å²) in [5.41, 5.74) is 0.449. The van der Waals surface area contributed by atoms with Crippen molar-refractivity contribution in [3.05, 3.63) is 52.6 Å². The molecule has 0 spiro atoms. The molecule has 6 heteroatoms. The Balaban J connectivity index is 1.96. The molecule has 2 aromatic rings. The molecular weight excluding hydrogens is 336 g/mol. The number of carbonyl (C=O) groups is 3. The highest BCUT2D eigenvalue weighted by Crippen LogP contribution is 2.42. The van der Waals surface area contributed by atoms with Crippen LogP contribution in [-0.4, -0.2) is 40.0 Å². The lowest BCUT2D eigenvalue weighted by Gasteiger charge is -2.34. The number of phenolic OH excluding ortho intramolecular Hbond substituents is 1. The molecule has 0 aromatic heterocycles. The van der Waals surface area contributed by atoms with Gasteiger partial charge >= 0.3 is 5.97 Å². The molecule has 2 atom stereocenters. The van der Waals surface area contributed by atoms with Crippen LogP contribution in [0.1, 0.15) is 40.5 Å². The number of aromatic hydroxyl groups is 1. The van der Waals surface area contributed by atoms with E-state index in [1.165, 1.54) is 0 Å². The molecule has 6 nitrogen and oxygen atoms in total. The average Bonchev–Trinajstić information content (AvgIpc) is 2.64. The Kier molecular flexibility index (Phi) is 3.66. The van der Waals surface area contributed by atoms with Crippen LogP contribution in [-0.2, 0) is 9.53 Å². The summed E-state index contributed by atoms with van der Waals surface area (Å²) in [7, 11) is 0. The predicted molar refractivity (Wildman–Crippen MR) is 92.5 cm³/mol. The monoisotopic (exact) mass is 352 g/mol. The second-order valence-electron chi connectivity index (χ2n) is 6.48. The number of ether oxygens (including phenoxy) is 1. The van der Waals surface area contributed by atoms with Crippen LogP contribution in [0.15, 0.2) is 41.5 Å². The van der Waals surface area contributed by atoms with Crippen molar-refractivity contribution in [3.63, 3.8) is 0 Å². The molecule has 0 fully saturated rings. The third-order valence-electron chi connectivity index (χ3n) is 5.02. The van der Waals surface area contributed by atoms with Crippen molar-refractivity contribution < 1.29 is 29.3 Å². The number of hydrogen-bond acceptors (Lipinski definition) is 5. The van der Waals surface area contributed by atoms with Gasteiger partial charge in [-0.15, -0.1) is 0 Å². The molecule has 0 saturated heterocycles. The summed E-state index contributed by atoms with van der Waals surface area (Å²) in [6.07, 6.45) is -1.74. The standard InChI is InChI=1S/C20H16O6/c1-2-13-15-12(8-14(26-13)20(24)25)17(21)11-7-9-5-3-4-6-10(9)18(22)16(11)19(15)23/h3-7,13-14,22H,2,8H2,1H3,(H,24,25). The molecule has 2 aliphatic rings. The molecule has 4 rings (SSSR count). The molecule has 132 valence electrons. The van der Waals surface area contributed by atoms with Gasteiger partial charge in [-0.25, -0.2) is 4.79 Å². The maximum atomic E-state index is 13.1. The predicted octanol–water partition coefficient (Wildman–Crippen LogP) is 2.87. The van der Waals surface area contributed by atoms with E-state index in [-0.39, 0.29) is 34.4 Å². The van der Waals surface area contributed by atoms with Gasteiger partial charge in [-0.2, -0.15) is 0 Å². The number of phenols is 1. The first kappa shape index (κ1) is 16.5. The summed E-state index contributed by atoms with van der Waals surface area (Å²) in [6.45, 7) is 1.76. The molecule has 1 heterocycles. The number of benzene rings is 2. The van der Waals surface area contributed by atoms with Crippen LogP contribution >= 0.6 is 0 Å². The number of carboxylic acid groups (broad SMARTS) is 1. The molecule has 0 amide bonds. The second-order valence-corrected chi connectivity index (χ2v) is 6.48. The van der Waals surface area contributed by atoms with E-state index in [1.807, 2.05) is 0 Å². The maximum absolute atomic E-state index is 13.1. The molecular formula is C20H16O6. The van der Waals surface area contributed by atoms with Gasteiger partial charge in [0.15, 0.2) is 17.7 Å². The van der Waals surface area contributed by atoms with Crippen molar-refractivity contribution in [2.24, 2.45) is 0 Å². The number of carbonyl (C=O) groups excluding carboxylic acids is 2. The second kappa shape index (κ2) is 5.78. The average molecular weight is 352 g/mol. The number of Topliss-reactive ketones (excluding diaryl/α,β-unsaturated/α-hetero) is 2. The minimum atomic E-state index is -1.16. The van der Waals surface area contributed by atoms with Crippen LogP contribution in [0, 0.1) is 0 Å². The summed E-state index contributed by atoms with van der Waals surface area (Å²) in [5, 5.41) is 21.1. The van der Waals surface area contributed by atoms with Crippen molar-refractivity contribution in [3.8, 4) is 5.75 Å². The fourth-order valence-corrected chi connectivity index (χ4v) is 3.78. The van der Waals surface area contributed by atoms with Gasteiger partial charge in [-0.1, -0.05) is 31.2 Å². The van der Waals surface area contributed by atoms with E-state index in [9.17, 15) is 24.6 Å². The fraction of sp³-hybridized carbons (Fsp3) is 0.250. The summed E-state index contributed by atoms with van der Waals surface area (Å²) in [5.74, 6) is -2.27. The van der Waals surface area contributed by atoms with Gasteiger partial charge in [0.1, 0.15) is 5.75 Å². The van der Waals surface area contributed by atoms with Gasteiger partial charge in [-0.05, 0) is 17.9 Å². The van der Waals surface area contributed by atoms with E-state index < -0.39 is 29.7 Å². The Labute approximate surface area is 148 Å². The van der Waals surface area contributed by atoms with Gasteiger partial charge in [0, 0.05) is 28.5 Å². The maximum Gasteiger partial charge on any atom is 0.333 e. The van der Waals surface area contributed by atoms with Crippen LogP contribution in [0.25, 0.3) is 10.8 Å². The van der Waals surface area contributed by atoms with E-state index in [1.54, 1.807) is 37.3 Å². The Bertz CT molecular complexity index is 1020. The van der Waals surface area contributed by atoms with E-state index >= 15 is 0 Å². The first-order valence-electron chi connectivity index (χ1n) is 8.39. The minimum Gasteiger partial charge on any atom is -0.507 e. The Morgan fingerprint density at radius 2 is 1.96 bits per heavy atom. The molecule has 0 bridgehead atoms. The van der Waals surface area contributed by atoms with Crippen molar-refractivity contribution >= 4 is 28.3 Å². The number of rotatable bonds is 2. The Morgan fingerprint density at radius 3 is 2.65 bits per heavy atom. The van der Waals surface area contributed by atoms with E-state index in [4.69, 9.17) is 4.74 Å². The minimum absolute atomic E-state index is 0.0247. The third kappa shape index (κ3) is 2.19. The van der Waals surface area contributed by atoms with Crippen molar-refractivity contribution in [2.45, 2.75) is 32.0 Å². The molecule has 2 unspecified atom stereocenters. The van der Waals surface area contributed by atoms with Gasteiger partial charge in [0.05, 0.1) is 11.7 Å². The molecule has 2 N–H and O–H groups in total. The van der Waals surface area contributed by atoms with Crippen molar-refractivity contribution in [1.82, 2.24) is 0 Å². The van der Waals surface area contributed by atoms with E-state index in [2.05, 4.69) is 0 Å². The van der Waals surface area contributed by atoms with Gasteiger partial charge in [-0.3, -0.25) is 9.59 Å². The Morgan fingerprint density at radius 1 is 1.23 bits per heavy atom. The van der Waals surface area contributed by atoms with Gasteiger partial charge < -0.3 is 14.9 Å². The SMILES string of the molecule is CCC1OC(C(=O)O)CC2=C1C(=O)c1c(cc3ccccc3c1O)C2=O. The molecule has 26 heavy (non-hydrogen) atoms. The number of carboxylic acids is 1. The lowest BCUT2D eigenvalue weighted by molar-refractivity contribution is -0.153. The zero-order chi connectivity index (χ0) is 18.6. The summed E-state index contributed by atoms with van der Waals surface area (Å²) in [6, 6.07) is 8.53.